The molecule has 2 bridgehead atoms. The third-order valence-corrected chi connectivity index (χ3v) is 9.54. The normalized spacial score (nSPS) is 34.7. The number of hydrogen-bond acceptors (Lipinski definition) is 5. The molecule has 3 saturated heterocycles. The second-order valence-corrected chi connectivity index (χ2v) is 11.1. The number of thioether (sulfide) groups is 1. The lowest BCUT2D eigenvalue weighted by Gasteiger charge is -2.39. The molecule has 3 N–H and O–H groups in total. The highest BCUT2D eigenvalue weighted by molar-refractivity contribution is 8.02. The third-order valence-electron chi connectivity index (χ3n) is 7.46. The van der Waals surface area contributed by atoms with Gasteiger partial charge in [-0.05, 0) is 38.5 Å². The molecule has 4 unspecified atom stereocenters. The Morgan fingerprint density at radius 2 is 1.97 bits per heavy atom. The first-order valence-electron chi connectivity index (χ1n) is 11.9. The smallest absolute Gasteiger partial charge is 0.244 e. The molecule has 0 aliphatic carbocycles. The van der Waals surface area contributed by atoms with Gasteiger partial charge in [-0.25, -0.2) is 0 Å². The van der Waals surface area contributed by atoms with Crippen molar-refractivity contribution in [3.8, 4) is 0 Å². The molecule has 0 radical (unpaired) electrons. The van der Waals surface area contributed by atoms with E-state index < -0.39 is 16.7 Å². The zero-order chi connectivity index (χ0) is 22.8. The van der Waals surface area contributed by atoms with Crippen molar-refractivity contribution in [3.05, 3.63) is 0 Å². The van der Waals surface area contributed by atoms with Crippen molar-refractivity contribution in [2.75, 3.05) is 20.2 Å². The van der Waals surface area contributed by atoms with Crippen molar-refractivity contribution in [1.29, 1.82) is 0 Å². The van der Waals surface area contributed by atoms with Crippen LogP contribution in [0.25, 0.3) is 0 Å². The van der Waals surface area contributed by atoms with Crippen LogP contribution in [-0.4, -0.2) is 70.0 Å². The quantitative estimate of drug-likeness (QED) is 0.415. The zero-order valence-corrected chi connectivity index (χ0v) is 20.2. The van der Waals surface area contributed by atoms with E-state index in [0.717, 1.165) is 44.9 Å². The first-order valence-corrected chi connectivity index (χ1v) is 12.8. The highest BCUT2D eigenvalue weighted by Crippen LogP contribution is 2.68. The Labute approximate surface area is 190 Å². The SMILES string of the molecule is CCCC(C)NC(=O)C1N(CCCCCCO)C(=O)[C@@H]2[C@@H](C(=O)NC)[C@H]3CC(C)C12S3. The summed E-state index contributed by atoms with van der Waals surface area (Å²) in [6.45, 7) is 6.97. The van der Waals surface area contributed by atoms with Gasteiger partial charge in [-0.2, -0.15) is 0 Å². The lowest BCUT2D eigenvalue weighted by atomic mass is 9.66. The Morgan fingerprint density at radius 1 is 1.26 bits per heavy atom. The van der Waals surface area contributed by atoms with Crippen LogP contribution in [0.1, 0.15) is 65.7 Å². The van der Waals surface area contributed by atoms with Gasteiger partial charge in [0.15, 0.2) is 0 Å². The van der Waals surface area contributed by atoms with Gasteiger partial charge in [-0.3, -0.25) is 14.4 Å². The molecule has 1 spiro atoms. The van der Waals surface area contributed by atoms with E-state index in [0.29, 0.717) is 6.54 Å². The number of fused-ring (bicyclic) bond motifs is 1. The fraction of sp³-hybridized carbons (Fsp3) is 0.870. The highest BCUT2D eigenvalue weighted by Gasteiger charge is 2.75. The number of carbonyl (C=O) groups is 3. The molecule has 176 valence electrons. The first-order chi connectivity index (χ1) is 14.8. The van der Waals surface area contributed by atoms with Gasteiger partial charge in [0.2, 0.25) is 17.7 Å². The number of amides is 3. The van der Waals surface area contributed by atoms with Crippen LogP contribution < -0.4 is 10.6 Å². The van der Waals surface area contributed by atoms with Gasteiger partial charge in [-0.15, -0.1) is 11.8 Å². The number of unbranched alkanes of at least 4 members (excludes halogenated alkanes) is 3. The van der Waals surface area contributed by atoms with E-state index in [1.807, 2.05) is 6.92 Å². The van der Waals surface area contributed by atoms with Crippen molar-refractivity contribution in [2.24, 2.45) is 17.8 Å². The van der Waals surface area contributed by atoms with Crippen molar-refractivity contribution in [3.63, 3.8) is 0 Å². The predicted molar refractivity (Wildman–Crippen MR) is 123 cm³/mol. The molecule has 3 aliphatic rings. The summed E-state index contributed by atoms with van der Waals surface area (Å²) in [7, 11) is 1.63. The van der Waals surface area contributed by atoms with Gasteiger partial charge in [-0.1, -0.05) is 33.1 Å². The molecule has 0 aromatic carbocycles. The molecule has 8 heteroatoms. The number of likely N-dealkylation sites (tertiary alicyclic amines) is 1. The van der Waals surface area contributed by atoms with Gasteiger partial charge >= 0.3 is 0 Å². The second-order valence-electron chi connectivity index (χ2n) is 9.53. The number of nitrogens with zero attached hydrogens (tertiary/aromatic N) is 1. The Morgan fingerprint density at radius 3 is 2.61 bits per heavy atom. The van der Waals surface area contributed by atoms with Gasteiger partial charge in [0.05, 0.1) is 16.6 Å². The monoisotopic (exact) mass is 453 g/mol. The molecule has 7 atom stereocenters. The van der Waals surface area contributed by atoms with Crippen molar-refractivity contribution < 1.29 is 19.5 Å². The van der Waals surface area contributed by atoms with E-state index in [-0.39, 0.29) is 47.5 Å². The largest absolute Gasteiger partial charge is 0.396 e. The molecular formula is C23H39N3O4S. The molecular weight excluding hydrogens is 414 g/mol. The van der Waals surface area contributed by atoms with E-state index >= 15 is 0 Å². The summed E-state index contributed by atoms with van der Waals surface area (Å²) in [4.78, 5) is 41.8. The Hall–Kier alpha value is -1.28. The topological polar surface area (TPSA) is 98.7 Å². The molecule has 7 nitrogen and oxygen atoms in total. The molecule has 3 amide bonds. The molecule has 0 saturated carbocycles. The molecule has 3 rings (SSSR count). The zero-order valence-electron chi connectivity index (χ0n) is 19.4. The summed E-state index contributed by atoms with van der Waals surface area (Å²) in [5.74, 6) is -0.755. The fourth-order valence-electron chi connectivity index (χ4n) is 6.10. The maximum atomic E-state index is 13.7. The number of nitrogens with one attached hydrogen (secondary N) is 2. The maximum Gasteiger partial charge on any atom is 0.244 e. The molecule has 0 aromatic heterocycles. The van der Waals surface area contributed by atoms with Crippen LogP contribution in [0.3, 0.4) is 0 Å². The van der Waals surface area contributed by atoms with Crippen molar-refractivity contribution in [2.45, 2.75) is 87.8 Å². The fourth-order valence-corrected chi connectivity index (χ4v) is 8.52. The Bertz CT molecular complexity index is 690. The van der Waals surface area contributed by atoms with Crippen molar-refractivity contribution in [1.82, 2.24) is 15.5 Å². The van der Waals surface area contributed by atoms with Crippen LogP contribution in [-0.2, 0) is 14.4 Å². The van der Waals surface area contributed by atoms with E-state index in [9.17, 15) is 14.4 Å². The van der Waals surface area contributed by atoms with E-state index in [1.54, 1.807) is 23.7 Å². The Kier molecular flexibility index (Phi) is 7.95. The van der Waals surface area contributed by atoms with Gasteiger partial charge < -0.3 is 20.6 Å². The van der Waals surface area contributed by atoms with Crippen LogP contribution in [0.4, 0.5) is 0 Å². The standard InChI is InChI=1S/C23H39N3O4S/c1-5-10-15(3)25-21(29)19-23-14(2)13-16(31-23)17(20(28)24-4)18(23)22(30)26(19)11-8-6-7-9-12-27/h14-19,27H,5-13H2,1-4H3,(H,24,28)(H,25,29)/t14?,15?,16-,17+,18+,19?,23?/m1/s1. The summed E-state index contributed by atoms with van der Waals surface area (Å²) >= 11 is 1.72. The number of aliphatic hydroxyl groups is 1. The van der Waals surface area contributed by atoms with Gasteiger partial charge in [0, 0.05) is 31.5 Å². The summed E-state index contributed by atoms with van der Waals surface area (Å²) in [6, 6.07) is -0.468. The number of rotatable bonds is 11. The lowest BCUT2D eigenvalue weighted by molar-refractivity contribution is -0.140. The lowest BCUT2D eigenvalue weighted by Crippen LogP contribution is -2.57. The average Bonchev–Trinajstić information content (AvgIpc) is 3.31. The van der Waals surface area contributed by atoms with Crippen LogP contribution in [0.5, 0.6) is 0 Å². The van der Waals surface area contributed by atoms with Gasteiger partial charge in [0.1, 0.15) is 6.04 Å². The van der Waals surface area contributed by atoms with Crippen molar-refractivity contribution >= 4 is 29.5 Å². The maximum absolute atomic E-state index is 13.7. The second kappa shape index (κ2) is 10.1. The van der Waals surface area contributed by atoms with Crippen LogP contribution in [0.15, 0.2) is 0 Å². The summed E-state index contributed by atoms with van der Waals surface area (Å²) in [6.07, 6.45) is 6.13. The summed E-state index contributed by atoms with van der Waals surface area (Å²) in [5, 5.41) is 15.0. The molecule has 3 aliphatic heterocycles. The minimum Gasteiger partial charge on any atom is -0.396 e. The minimum absolute atomic E-state index is 0.0272. The van der Waals surface area contributed by atoms with E-state index in [1.165, 1.54) is 0 Å². The van der Waals surface area contributed by atoms with Crippen LogP contribution >= 0.6 is 11.8 Å². The number of aliphatic hydroxyl groups excluding tert-OH is 1. The Balaban J connectivity index is 1.89. The first kappa shape index (κ1) is 24.4. The van der Waals surface area contributed by atoms with Crippen LogP contribution in [0.2, 0.25) is 0 Å². The molecule has 3 fully saturated rings. The number of carbonyl (C=O) groups excluding carboxylic acids is 3. The third kappa shape index (κ3) is 4.22. The van der Waals surface area contributed by atoms with Crippen LogP contribution in [0, 0.1) is 17.8 Å². The summed E-state index contributed by atoms with van der Waals surface area (Å²) in [5.41, 5.74) is 0. The molecule has 0 aromatic rings. The average molecular weight is 454 g/mol. The summed E-state index contributed by atoms with van der Waals surface area (Å²) < 4.78 is -0.528. The predicted octanol–water partition coefficient (Wildman–Crippen LogP) is 1.93. The minimum atomic E-state index is -0.528. The molecule has 3 heterocycles. The van der Waals surface area contributed by atoms with Gasteiger partial charge in [0.25, 0.3) is 0 Å². The molecule has 31 heavy (non-hydrogen) atoms. The number of hydrogen-bond donors (Lipinski definition) is 3. The highest BCUT2D eigenvalue weighted by atomic mass is 32.2. The van der Waals surface area contributed by atoms with E-state index in [4.69, 9.17) is 5.11 Å². The van der Waals surface area contributed by atoms with E-state index in [2.05, 4.69) is 24.5 Å².